The van der Waals surface area contributed by atoms with E-state index in [2.05, 4.69) is 10.3 Å². The smallest absolute Gasteiger partial charge is 0.255 e. The van der Waals surface area contributed by atoms with Crippen LogP contribution in [-0.2, 0) is 6.54 Å². The third-order valence-corrected chi connectivity index (χ3v) is 3.22. The summed E-state index contributed by atoms with van der Waals surface area (Å²) in [5, 5.41) is 2.81. The molecule has 1 heterocycles. The number of amides is 1. The summed E-state index contributed by atoms with van der Waals surface area (Å²) in [6.07, 6.45) is 5.34. The molecule has 110 valence electrons. The minimum atomic E-state index is -0.362. The number of nitrogens with one attached hydrogen (secondary N) is 1. The Balaban J connectivity index is 1.72. The van der Waals surface area contributed by atoms with Crippen molar-refractivity contribution in [3.63, 3.8) is 0 Å². The van der Waals surface area contributed by atoms with E-state index in [1.807, 2.05) is 35.0 Å². The number of anilines is 1. The van der Waals surface area contributed by atoms with E-state index < -0.39 is 0 Å². The van der Waals surface area contributed by atoms with Crippen LogP contribution in [-0.4, -0.2) is 15.5 Å². The molecule has 22 heavy (non-hydrogen) atoms. The molecule has 0 bridgehead atoms. The Morgan fingerprint density at radius 2 is 2.00 bits per heavy atom. The number of nitrogens with zero attached hydrogens (tertiary/aromatic N) is 2. The van der Waals surface area contributed by atoms with Crippen LogP contribution in [0.15, 0.2) is 67.3 Å². The molecule has 0 saturated carbocycles. The zero-order valence-corrected chi connectivity index (χ0v) is 11.7. The highest BCUT2D eigenvalue weighted by Gasteiger charge is 2.06. The lowest BCUT2D eigenvalue weighted by Gasteiger charge is -2.08. The second-order valence-corrected chi connectivity index (χ2v) is 4.90. The number of rotatable bonds is 4. The Morgan fingerprint density at radius 3 is 2.73 bits per heavy atom. The molecule has 0 saturated heterocycles. The molecule has 4 nitrogen and oxygen atoms in total. The van der Waals surface area contributed by atoms with Crippen molar-refractivity contribution in [2.45, 2.75) is 6.54 Å². The quantitative estimate of drug-likeness (QED) is 0.802. The first kappa shape index (κ1) is 14.0. The zero-order valence-electron chi connectivity index (χ0n) is 11.7. The first-order valence-electron chi connectivity index (χ1n) is 6.82. The van der Waals surface area contributed by atoms with E-state index in [0.29, 0.717) is 17.8 Å². The second-order valence-electron chi connectivity index (χ2n) is 4.90. The van der Waals surface area contributed by atoms with Crippen LogP contribution in [0.5, 0.6) is 0 Å². The van der Waals surface area contributed by atoms with Gasteiger partial charge in [-0.25, -0.2) is 9.37 Å². The van der Waals surface area contributed by atoms with Crippen molar-refractivity contribution in [1.29, 1.82) is 0 Å². The fourth-order valence-corrected chi connectivity index (χ4v) is 2.14. The van der Waals surface area contributed by atoms with E-state index >= 15 is 0 Å². The van der Waals surface area contributed by atoms with Crippen molar-refractivity contribution in [1.82, 2.24) is 9.55 Å². The van der Waals surface area contributed by atoms with Gasteiger partial charge in [-0.2, -0.15) is 0 Å². The number of hydrogen-bond acceptors (Lipinski definition) is 2. The highest BCUT2D eigenvalue weighted by atomic mass is 19.1. The lowest BCUT2D eigenvalue weighted by Crippen LogP contribution is -2.12. The molecular formula is C17H14FN3O. The molecule has 0 radical (unpaired) electrons. The van der Waals surface area contributed by atoms with E-state index in [4.69, 9.17) is 0 Å². The molecule has 5 heteroatoms. The Bertz CT molecular complexity index is 767. The second kappa shape index (κ2) is 6.22. The fraction of sp³-hybridized carbons (Fsp3) is 0.0588. The van der Waals surface area contributed by atoms with Gasteiger partial charge in [-0.15, -0.1) is 0 Å². The van der Waals surface area contributed by atoms with E-state index in [1.54, 1.807) is 12.5 Å². The SMILES string of the molecule is O=C(Nc1cccc(Cn2ccnc2)c1)c1ccc(F)cc1. The standard InChI is InChI=1S/C17H14FN3O/c18-15-6-4-14(5-7-15)17(22)20-16-3-1-2-13(10-16)11-21-9-8-19-12-21/h1-10,12H,11H2,(H,20,22). The molecular weight excluding hydrogens is 281 g/mol. The van der Waals surface area contributed by atoms with Gasteiger partial charge in [0.15, 0.2) is 0 Å². The minimum Gasteiger partial charge on any atom is -0.333 e. The molecule has 0 unspecified atom stereocenters. The van der Waals surface area contributed by atoms with Gasteiger partial charge in [0, 0.05) is 30.2 Å². The molecule has 0 fully saturated rings. The Hall–Kier alpha value is -2.95. The highest BCUT2D eigenvalue weighted by molar-refractivity contribution is 6.04. The van der Waals surface area contributed by atoms with Crippen LogP contribution in [0, 0.1) is 5.82 Å². The number of benzene rings is 2. The van der Waals surface area contributed by atoms with E-state index in [-0.39, 0.29) is 11.7 Å². The van der Waals surface area contributed by atoms with Gasteiger partial charge in [-0.1, -0.05) is 12.1 Å². The van der Waals surface area contributed by atoms with Crippen molar-refractivity contribution in [2.24, 2.45) is 0 Å². The van der Waals surface area contributed by atoms with Crippen molar-refractivity contribution >= 4 is 11.6 Å². The number of carbonyl (C=O) groups excluding carboxylic acids is 1. The van der Waals surface area contributed by atoms with Gasteiger partial charge < -0.3 is 9.88 Å². The van der Waals surface area contributed by atoms with Crippen molar-refractivity contribution in [3.05, 3.63) is 84.2 Å². The average Bonchev–Trinajstić information content (AvgIpc) is 3.01. The van der Waals surface area contributed by atoms with Crippen molar-refractivity contribution < 1.29 is 9.18 Å². The molecule has 0 atom stereocenters. The van der Waals surface area contributed by atoms with Gasteiger partial charge >= 0.3 is 0 Å². The summed E-state index contributed by atoms with van der Waals surface area (Å²) < 4.78 is 14.8. The topological polar surface area (TPSA) is 46.9 Å². The number of imidazole rings is 1. The predicted molar refractivity (Wildman–Crippen MR) is 82.1 cm³/mol. The number of halogens is 1. The maximum atomic E-state index is 12.9. The van der Waals surface area contributed by atoms with Crippen molar-refractivity contribution in [2.75, 3.05) is 5.32 Å². The molecule has 0 aliphatic heterocycles. The first-order chi connectivity index (χ1) is 10.7. The van der Waals surface area contributed by atoms with Crippen molar-refractivity contribution in [3.8, 4) is 0 Å². The largest absolute Gasteiger partial charge is 0.333 e. The summed E-state index contributed by atoms with van der Waals surface area (Å²) in [6, 6.07) is 13.0. The first-order valence-corrected chi connectivity index (χ1v) is 6.82. The lowest BCUT2D eigenvalue weighted by molar-refractivity contribution is 0.102. The van der Waals surface area contributed by atoms with Crippen LogP contribution in [0.4, 0.5) is 10.1 Å². The normalized spacial score (nSPS) is 10.4. The summed E-state index contributed by atoms with van der Waals surface area (Å²) in [7, 11) is 0. The Morgan fingerprint density at radius 1 is 1.18 bits per heavy atom. The third kappa shape index (κ3) is 3.38. The number of aromatic nitrogens is 2. The van der Waals surface area contributed by atoms with Gasteiger partial charge in [-0.05, 0) is 42.0 Å². The van der Waals surface area contributed by atoms with Gasteiger partial charge in [0.05, 0.1) is 6.33 Å². The van der Waals surface area contributed by atoms with Crippen LogP contribution in [0.1, 0.15) is 15.9 Å². The number of hydrogen-bond donors (Lipinski definition) is 1. The van der Waals surface area contributed by atoms with Gasteiger partial charge in [0.2, 0.25) is 0 Å². The van der Waals surface area contributed by atoms with Gasteiger partial charge in [-0.3, -0.25) is 4.79 Å². The average molecular weight is 295 g/mol. The minimum absolute atomic E-state index is 0.264. The third-order valence-electron chi connectivity index (χ3n) is 3.22. The molecule has 1 amide bonds. The number of carbonyl (C=O) groups is 1. The van der Waals surface area contributed by atoms with E-state index in [0.717, 1.165) is 5.56 Å². The summed E-state index contributed by atoms with van der Waals surface area (Å²) in [5.74, 6) is -0.626. The maximum Gasteiger partial charge on any atom is 0.255 e. The van der Waals surface area contributed by atoms with Crippen LogP contribution in [0.3, 0.4) is 0 Å². The van der Waals surface area contributed by atoms with Crippen LogP contribution >= 0.6 is 0 Å². The lowest BCUT2D eigenvalue weighted by atomic mass is 10.1. The van der Waals surface area contributed by atoms with Crippen LogP contribution in [0.2, 0.25) is 0 Å². The fourth-order valence-electron chi connectivity index (χ4n) is 2.14. The molecule has 0 aliphatic carbocycles. The molecule has 1 N–H and O–H groups in total. The molecule has 0 spiro atoms. The summed E-state index contributed by atoms with van der Waals surface area (Å²) in [6.45, 7) is 0.681. The van der Waals surface area contributed by atoms with E-state index in [9.17, 15) is 9.18 Å². The predicted octanol–water partition coefficient (Wildman–Crippen LogP) is 3.32. The molecule has 2 aromatic carbocycles. The molecule has 3 aromatic rings. The Labute approximate surface area is 127 Å². The van der Waals surface area contributed by atoms with Crippen LogP contribution < -0.4 is 5.32 Å². The molecule has 0 aliphatic rings. The zero-order chi connectivity index (χ0) is 15.4. The maximum absolute atomic E-state index is 12.9. The summed E-state index contributed by atoms with van der Waals surface area (Å²) in [4.78, 5) is 16.1. The Kier molecular flexibility index (Phi) is 3.96. The summed E-state index contributed by atoms with van der Waals surface area (Å²) >= 11 is 0. The van der Waals surface area contributed by atoms with E-state index in [1.165, 1.54) is 24.3 Å². The van der Waals surface area contributed by atoms with Crippen LogP contribution in [0.25, 0.3) is 0 Å². The van der Waals surface area contributed by atoms with Gasteiger partial charge in [0.25, 0.3) is 5.91 Å². The van der Waals surface area contributed by atoms with Gasteiger partial charge in [0.1, 0.15) is 5.82 Å². The summed E-state index contributed by atoms with van der Waals surface area (Å²) in [5.41, 5.74) is 2.17. The molecule has 3 rings (SSSR count). The monoisotopic (exact) mass is 295 g/mol. The highest BCUT2D eigenvalue weighted by Crippen LogP contribution is 2.14. The molecule has 1 aromatic heterocycles.